The van der Waals surface area contributed by atoms with E-state index in [4.69, 9.17) is 0 Å². The van der Waals surface area contributed by atoms with Gasteiger partial charge in [0, 0.05) is 32.7 Å². The summed E-state index contributed by atoms with van der Waals surface area (Å²) in [5.41, 5.74) is 0.863. The third-order valence-electron chi connectivity index (χ3n) is 2.59. The minimum absolute atomic E-state index is 0.0752. The summed E-state index contributed by atoms with van der Waals surface area (Å²) < 4.78 is 3.53. The van der Waals surface area contributed by atoms with Crippen LogP contribution in [0.2, 0.25) is 0 Å². The number of aryl methyl sites for hydroxylation is 1. The van der Waals surface area contributed by atoms with Crippen LogP contribution in [-0.2, 0) is 24.9 Å². The number of nitrogens with zero attached hydrogens (tertiary/aromatic N) is 4. The molecule has 2 heterocycles. The summed E-state index contributed by atoms with van der Waals surface area (Å²) in [6.07, 6.45) is 7.13. The topological polar surface area (TPSA) is 76.8 Å². The first kappa shape index (κ1) is 12.2. The van der Waals surface area contributed by atoms with Crippen molar-refractivity contribution < 1.29 is 4.79 Å². The number of aromatic nitrogens is 4. The van der Waals surface area contributed by atoms with Gasteiger partial charge in [-0.15, -0.1) is 0 Å². The number of anilines is 1. The molecule has 0 aliphatic heterocycles. The maximum Gasteiger partial charge on any atom is 0.241 e. The summed E-state index contributed by atoms with van der Waals surface area (Å²) in [6.45, 7) is 0.843. The molecule has 0 aromatic carbocycles. The highest BCUT2D eigenvalue weighted by Gasteiger charge is 2.03. The van der Waals surface area contributed by atoms with E-state index in [-0.39, 0.29) is 12.5 Å². The van der Waals surface area contributed by atoms with E-state index in [0.717, 1.165) is 11.5 Å². The first-order chi connectivity index (χ1) is 8.69. The summed E-state index contributed by atoms with van der Waals surface area (Å²) >= 11 is 0. The summed E-state index contributed by atoms with van der Waals surface area (Å²) in [4.78, 5) is 15.4. The van der Waals surface area contributed by atoms with Crippen LogP contribution >= 0.6 is 0 Å². The van der Waals surface area contributed by atoms with Crippen molar-refractivity contribution in [1.29, 1.82) is 0 Å². The van der Waals surface area contributed by atoms with Crippen molar-refractivity contribution in [3.63, 3.8) is 0 Å². The first-order valence-electron chi connectivity index (χ1n) is 5.62. The van der Waals surface area contributed by atoms with Crippen LogP contribution in [0, 0.1) is 0 Å². The fourth-order valence-electron chi connectivity index (χ4n) is 1.52. The molecule has 0 aliphatic carbocycles. The Morgan fingerprint density at radius 3 is 3.00 bits per heavy atom. The van der Waals surface area contributed by atoms with E-state index in [0.29, 0.717) is 6.54 Å². The van der Waals surface area contributed by atoms with Crippen LogP contribution in [0.4, 0.5) is 5.69 Å². The molecule has 1 amide bonds. The number of likely N-dealkylation sites (N-methyl/N-ethyl adjacent to an activating group) is 1. The number of amides is 1. The van der Waals surface area contributed by atoms with Gasteiger partial charge in [-0.1, -0.05) is 0 Å². The lowest BCUT2D eigenvalue weighted by molar-refractivity contribution is -0.121. The molecule has 0 radical (unpaired) electrons. The predicted octanol–water partition coefficient (Wildman–Crippen LogP) is -0.0253. The van der Waals surface area contributed by atoms with Crippen LogP contribution in [0.25, 0.3) is 0 Å². The molecule has 7 nitrogen and oxygen atoms in total. The van der Waals surface area contributed by atoms with Crippen molar-refractivity contribution in [2.75, 3.05) is 12.4 Å². The average molecular weight is 248 g/mol. The van der Waals surface area contributed by atoms with Crippen LogP contribution in [0.3, 0.4) is 0 Å². The van der Waals surface area contributed by atoms with Gasteiger partial charge < -0.3 is 15.2 Å². The average Bonchev–Trinajstić information content (AvgIpc) is 2.96. The molecule has 7 heteroatoms. The Hall–Kier alpha value is -2.31. The number of carbonyl (C=O) groups excluding carboxylic acids is 1. The molecule has 2 aromatic heterocycles. The molecule has 2 rings (SSSR count). The molecule has 0 spiro atoms. The molecule has 0 aliphatic rings. The maximum atomic E-state index is 11.2. The van der Waals surface area contributed by atoms with Crippen molar-refractivity contribution in [3.05, 3.63) is 30.6 Å². The van der Waals surface area contributed by atoms with Gasteiger partial charge in [0.2, 0.25) is 5.91 Å². The third kappa shape index (κ3) is 2.88. The molecule has 96 valence electrons. The molecule has 0 atom stereocenters. The SMILES string of the molecule is CNC(=O)Cn1cc(NCc2nccn2C)cn1. The zero-order chi connectivity index (χ0) is 13.0. The minimum Gasteiger partial charge on any atom is -0.375 e. The quantitative estimate of drug-likeness (QED) is 0.779. The molecule has 0 bridgehead atoms. The predicted molar refractivity (Wildman–Crippen MR) is 66.8 cm³/mol. The lowest BCUT2D eigenvalue weighted by Gasteiger charge is -2.03. The molecule has 18 heavy (non-hydrogen) atoms. The molecule has 0 fully saturated rings. The van der Waals surface area contributed by atoms with E-state index in [1.54, 1.807) is 30.3 Å². The van der Waals surface area contributed by atoms with Crippen LogP contribution in [0.15, 0.2) is 24.8 Å². The minimum atomic E-state index is -0.0752. The second-order valence-corrected chi connectivity index (χ2v) is 3.91. The molecule has 2 N–H and O–H groups in total. The van der Waals surface area contributed by atoms with Gasteiger partial charge >= 0.3 is 0 Å². The van der Waals surface area contributed by atoms with Gasteiger partial charge in [-0.25, -0.2) is 4.98 Å². The number of rotatable bonds is 5. The fourth-order valence-corrected chi connectivity index (χ4v) is 1.52. The van der Waals surface area contributed by atoms with Crippen LogP contribution in [0.5, 0.6) is 0 Å². The lowest BCUT2D eigenvalue weighted by Crippen LogP contribution is -2.23. The summed E-state index contributed by atoms with van der Waals surface area (Å²) in [6, 6.07) is 0. The Morgan fingerprint density at radius 2 is 2.33 bits per heavy atom. The highest BCUT2D eigenvalue weighted by atomic mass is 16.1. The fraction of sp³-hybridized carbons (Fsp3) is 0.364. The molecular weight excluding hydrogens is 232 g/mol. The number of nitrogens with one attached hydrogen (secondary N) is 2. The second-order valence-electron chi connectivity index (χ2n) is 3.91. The highest BCUT2D eigenvalue weighted by molar-refractivity contribution is 5.75. The maximum absolute atomic E-state index is 11.2. The van der Waals surface area contributed by atoms with Crippen molar-refractivity contribution in [1.82, 2.24) is 24.6 Å². The van der Waals surface area contributed by atoms with Crippen molar-refractivity contribution >= 4 is 11.6 Å². The highest BCUT2D eigenvalue weighted by Crippen LogP contribution is 2.06. The Morgan fingerprint density at radius 1 is 1.50 bits per heavy atom. The standard InChI is InChI=1S/C11H16N6O/c1-12-11(18)8-17-7-9(5-15-17)14-6-10-13-3-4-16(10)2/h3-5,7,14H,6,8H2,1-2H3,(H,12,18). The van der Waals surface area contributed by atoms with Gasteiger partial charge in [0.1, 0.15) is 12.4 Å². The smallest absolute Gasteiger partial charge is 0.241 e. The van der Waals surface area contributed by atoms with Crippen molar-refractivity contribution in [3.8, 4) is 0 Å². The zero-order valence-electron chi connectivity index (χ0n) is 10.4. The number of imidazole rings is 1. The normalized spacial score (nSPS) is 10.3. The van der Waals surface area contributed by atoms with E-state index in [2.05, 4.69) is 20.7 Å². The monoisotopic (exact) mass is 248 g/mol. The van der Waals surface area contributed by atoms with Gasteiger partial charge in [-0.3, -0.25) is 9.48 Å². The first-order valence-corrected chi connectivity index (χ1v) is 5.62. The Labute approximate surface area is 105 Å². The van der Waals surface area contributed by atoms with Gasteiger partial charge in [0.25, 0.3) is 0 Å². The molecule has 0 saturated heterocycles. The molecular formula is C11H16N6O. The summed E-state index contributed by atoms with van der Waals surface area (Å²) in [5.74, 6) is 0.864. The molecule has 0 unspecified atom stereocenters. The largest absolute Gasteiger partial charge is 0.375 e. The summed E-state index contributed by atoms with van der Waals surface area (Å²) in [7, 11) is 3.55. The Bertz CT molecular complexity index is 529. The van der Waals surface area contributed by atoms with Crippen LogP contribution in [0.1, 0.15) is 5.82 Å². The number of hydrogen-bond acceptors (Lipinski definition) is 4. The lowest BCUT2D eigenvalue weighted by atomic mass is 10.5. The Balaban J connectivity index is 1.91. The van der Waals surface area contributed by atoms with E-state index >= 15 is 0 Å². The third-order valence-corrected chi connectivity index (χ3v) is 2.59. The molecule has 2 aromatic rings. The van der Waals surface area contributed by atoms with Gasteiger partial charge in [-0.05, 0) is 0 Å². The van der Waals surface area contributed by atoms with Crippen LogP contribution < -0.4 is 10.6 Å². The number of carbonyl (C=O) groups is 1. The van der Waals surface area contributed by atoms with E-state index in [1.165, 1.54) is 0 Å². The van der Waals surface area contributed by atoms with E-state index in [1.807, 2.05) is 17.8 Å². The van der Waals surface area contributed by atoms with Gasteiger partial charge in [0.05, 0.1) is 18.4 Å². The van der Waals surface area contributed by atoms with Crippen molar-refractivity contribution in [2.24, 2.45) is 7.05 Å². The van der Waals surface area contributed by atoms with Gasteiger partial charge in [-0.2, -0.15) is 5.10 Å². The van der Waals surface area contributed by atoms with E-state index in [9.17, 15) is 4.79 Å². The molecule has 0 saturated carbocycles. The number of hydrogen-bond donors (Lipinski definition) is 2. The summed E-state index contributed by atoms with van der Waals surface area (Å²) in [5, 5.41) is 9.84. The second kappa shape index (κ2) is 5.35. The van der Waals surface area contributed by atoms with Gasteiger partial charge in [0.15, 0.2) is 0 Å². The van der Waals surface area contributed by atoms with Crippen LogP contribution in [-0.4, -0.2) is 32.3 Å². The Kier molecular flexibility index (Phi) is 3.61. The van der Waals surface area contributed by atoms with E-state index < -0.39 is 0 Å². The van der Waals surface area contributed by atoms with Crippen molar-refractivity contribution in [2.45, 2.75) is 13.1 Å². The zero-order valence-corrected chi connectivity index (χ0v) is 10.4.